The molecule has 0 bridgehead atoms. The maximum Gasteiger partial charge on any atom is 0.0814 e. The summed E-state index contributed by atoms with van der Waals surface area (Å²) in [5.41, 5.74) is 0. The zero-order chi connectivity index (χ0) is 14.4. The first-order valence-corrected chi connectivity index (χ1v) is 9.09. The summed E-state index contributed by atoms with van der Waals surface area (Å²) in [5.74, 6) is 0. The molecule has 0 spiro atoms. The maximum absolute atomic E-state index is 2.34. The van der Waals surface area contributed by atoms with Gasteiger partial charge in [0.1, 0.15) is 0 Å². The first-order valence-electron chi connectivity index (χ1n) is 9.09. The van der Waals surface area contributed by atoms with Gasteiger partial charge >= 0.3 is 0 Å². The van der Waals surface area contributed by atoms with Gasteiger partial charge in [0.15, 0.2) is 0 Å². The van der Waals surface area contributed by atoms with Crippen molar-refractivity contribution in [1.29, 1.82) is 0 Å². The Balaban J connectivity index is 0. The predicted molar refractivity (Wildman–Crippen MR) is 98.5 cm³/mol. The van der Waals surface area contributed by atoms with Gasteiger partial charge in [0, 0.05) is 0 Å². The average molecular weight is 284 g/mol. The van der Waals surface area contributed by atoms with Gasteiger partial charge in [-0.25, -0.2) is 0 Å². The van der Waals surface area contributed by atoms with Gasteiger partial charge in [-0.2, -0.15) is 0 Å². The first-order chi connectivity index (χ1) is 9.24. The fraction of sp³-hybridized carbons (Fsp3) is 1.00. The summed E-state index contributed by atoms with van der Waals surface area (Å²) in [7, 11) is 0. The van der Waals surface area contributed by atoms with Gasteiger partial charge in [-0.3, -0.25) is 0 Å². The lowest BCUT2D eigenvalue weighted by atomic mass is 10.1. The summed E-state index contributed by atoms with van der Waals surface area (Å²) in [4.78, 5) is 0. The van der Waals surface area contributed by atoms with Gasteiger partial charge in [-0.1, -0.05) is 59.8 Å². The van der Waals surface area contributed by atoms with Gasteiger partial charge < -0.3 is 4.48 Å². The van der Waals surface area contributed by atoms with Crippen LogP contribution in [0.4, 0.5) is 0 Å². The van der Waals surface area contributed by atoms with Gasteiger partial charge in [0.05, 0.1) is 34.6 Å². The van der Waals surface area contributed by atoms with Crippen LogP contribution in [0.15, 0.2) is 0 Å². The molecule has 0 aliphatic carbocycles. The fourth-order valence-corrected chi connectivity index (χ4v) is 3.03. The molecule has 0 aromatic rings. The molecular weight excluding hydrogens is 241 g/mol. The van der Waals surface area contributed by atoms with Crippen LogP contribution in [-0.4, -0.2) is 39.1 Å². The highest BCUT2D eigenvalue weighted by Crippen LogP contribution is 2.17. The Morgan fingerprint density at radius 1 is 0.450 bits per heavy atom. The van der Waals surface area contributed by atoms with Crippen LogP contribution in [0, 0.1) is 0 Å². The molecule has 0 N–H and O–H groups in total. The first kappa shape index (κ1) is 22.3. The van der Waals surface area contributed by atoms with E-state index in [1.807, 2.05) is 0 Å². The molecule has 0 fully saturated rings. The Morgan fingerprint density at radius 3 is 1.15 bits per heavy atom. The zero-order valence-electron chi connectivity index (χ0n) is 14.3. The molecule has 122 valence electrons. The molecule has 0 aromatic heterocycles. The van der Waals surface area contributed by atoms with Crippen LogP contribution in [0.1, 0.15) is 91.9 Å². The fourth-order valence-electron chi connectivity index (χ4n) is 3.03. The second kappa shape index (κ2) is 15.4. The quantitative estimate of drug-likeness (QED) is 0.248. The Morgan fingerprint density at radius 2 is 0.800 bits per heavy atom. The van der Waals surface area contributed by atoms with Crippen LogP contribution in [0.3, 0.4) is 0 Å². The number of hydrogen-bond acceptors (Lipinski definition) is 0. The minimum atomic E-state index is 0. The molecule has 0 aromatic carbocycles. The Labute approximate surface area is 131 Å². The monoisotopic (exact) mass is 284 g/mol. The van der Waals surface area contributed by atoms with E-state index in [4.69, 9.17) is 0 Å². The highest BCUT2D eigenvalue weighted by Gasteiger charge is 2.24. The molecule has 0 saturated heterocycles. The Kier molecular flexibility index (Phi) is 17.2. The van der Waals surface area contributed by atoms with Crippen molar-refractivity contribution in [1.82, 2.24) is 0 Å². The number of nitrogens with zero attached hydrogens (tertiary/aromatic N) is 1. The molecule has 0 aliphatic rings. The average Bonchev–Trinajstić information content (AvgIpc) is 2.44. The third kappa shape index (κ3) is 10.8. The third-order valence-electron chi connectivity index (χ3n) is 4.44. The van der Waals surface area contributed by atoms with Crippen LogP contribution in [-0.2, 0) is 0 Å². The van der Waals surface area contributed by atoms with E-state index in [0.717, 1.165) is 0 Å². The van der Waals surface area contributed by atoms with Crippen molar-refractivity contribution in [3.8, 4) is 0 Å². The van der Waals surface area contributed by atoms with E-state index in [-0.39, 0.29) is 8.41 Å². The van der Waals surface area contributed by atoms with Crippen molar-refractivity contribution < 1.29 is 4.48 Å². The molecule has 0 heterocycles. The van der Waals surface area contributed by atoms with E-state index in [9.17, 15) is 0 Å². The van der Waals surface area contributed by atoms with Gasteiger partial charge in [-0.15, -0.1) is 0 Å². The van der Waals surface area contributed by atoms with E-state index in [1.54, 1.807) is 0 Å². The normalized spacial score (nSPS) is 11.4. The van der Waals surface area contributed by atoms with Crippen molar-refractivity contribution in [3.05, 3.63) is 0 Å². The van der Waals surface area contributed by atoms with Crippen LogP contribution < -0.4 is 0 Å². The minimum absolute atomic E-state index is 0. The van der Waals surface area contributed by atoms with Crippen molar-refractivity contribution in [2.75, 3.05) is 26.2 Å². The van der Waals surface area contributed by atoms with E-state index in [1.165, 1.54) is 94.9 Å². The Hall–Kier alpha value is 0.0249. The largest absolute Gasteiger partial charge is 0.324 e. The van der Waals surface area contributed by atoms with E-state index < -0.39 is 0 Å². The minimum Gasteiger partial charge on any atom is -0.324 e. The number of unbranched alkanes of at least 4 members (excludes halogenated alkanes) is 6. The number of hydrogen-bond donors (Lipinski definition) is 0. The molecule has 0 atom stereocenters. The lowest BCUT2D eigenvalue weighted by molar-refractivity contribution is -0.929. The molecule has 0 amide bonds. The van der Waals surface area contributed by atoms with E-state index in [0.29, 0.717) is 0 Å². The summed E-state index contributed by atoms with van der Waals surface area (Å²) in [6, 6.07) is 0. The molecular formula is C18H43BN+. The molecule has 0 unspecified atom stereocenters. The lowest BCUT2D eigenvalue weighted by Gasteiger charge is -2.39. The predicted octanol–water partition coefficient (Wildman–Crippen LogP) is 4.60. The van der Waals surface area contributed by atoms with Crippen LogP contribution >= 0.6 is 0 Å². The highest BCUT2D eigenvalue weighted by molar-refractivity contribution is 5.75. The summed E-state index contributed by atoms with van der Waals surface area (Å²) in [5, 5.41) is 0. The number of quaternary nitrogens is 1. The topological polar surface area (TPSA) is 0 Å². The van der Waals surface area contributed by atoms with Crippen LogP contribution in [0.2, 0.25) is 0 Å². The van der Waals surface area contributed by atoms with Crippen molar-refractivity contribution in [2.45, 2.75) is 91.9 Å². The SMILES string of the molecule is B.CCCCCC[N+](CCCC)(CCCC)CCCC. The smallest absolute Gasteiger partial charge is 0.0814 e. The molecule has 0 radical (unpaired) electrons. The van der Waals surface area contributed by atoms with Gasteiger partial charge in [0.2, 0.25) is 0 Å². The second-order valence-corrected chi connectivity index (χ2v) is 6.36. The summed E-state index contributed by atoms with van der Waals surface area (Å²) in [6.45, 7) is 15.1. The van der Waals surface area contributed by atoms with Gasteiger partial charge in [0.25, 0.3) is 0 Å². The summed E-state index contributed by atoms with van der Waals surface area (Å²) >= 11 is 0. The van der Waals surface area contributed by atoms with Crippen molar-refractivity contribution >= 4 is 8.41 Å². The molecule has 0 aliphatic heterocycles. The number of rotatable bonds is 14. The highest BCUT2D eigenvalue weighted by atomic mass is 15.3. The zero-order valence-corrected chi connectivity index (χ0v) is 14.3. The second-order valence-electron chi connectivity index (χ2n) is 6.36. The van der Waals surface area contributed by atoms with E-state index >= 15 is 0 Å². The Bertz CT molecular complexity index is 160. The summed E-state index contributed by atoms with van der Waals surface area (Å²) < 4.78 is 1.43. The molecule has 2 heteroatoms. The van der Waals surface area contributed by atoms with Crippen LogP contribution in [0.25, 0.3) is 0 Å². The third-order valence-corrected chi connectivity index (χ3v) is 4.44. The summed E-state index contributed by atoms with van der Waals surface area (Å²) in [6.07, 6.45) is 14.0. The molecule has 20 heavy (non-hydrogen) atoms. The maximum atomic E-state index is 2.34. The van der Waals surface area contributed by atoms with Crippen molar-refractivity contribution in [3.63, 3.8) is 0 Å². The lowest BCUT2D eigenvalue weighted by Crippen LogP contribution is -2.50. The van der Waals surface area contributed by atoms with E-state index in [2.05, 4.69) is 27.7 Å². The van der Waals surface area contributed by atoms with Crippen LogP contribution in [0.5, 0.6) is 0 Å². The molecule has 1 nitrogen and oxygen atoms in total. The standard InChI is InChI=1S/C18H40N.BH3/c1-5-9-13-14-18-19(15-10-6-2,16-11-7-3)17-12-8-4;/h5-18H2,1-4H3;1H3/q+1;. The molecule has 0 saturated carbocycles. The van der Waals surface area contributed by atoms with Gasteiger partial charge in [-0.05, 0) is 32.1 Å². The van der Waals surface area contributed by atoms with Crippen molar-refractivity contribution in [2.24, 2.45) is 0 Å². The molecule has 0 rings (SSSR count).